The molecule has 1 atom stereocenters. The number of hydrogen-bond donors (Lipinski definition) is 0. The Morgan fingerprint density at radius 2 is 2.31 bits per heavy atom. The van der Waals surface area contributed by atoms with E-state index < -0.39 is 0 Å². The fraction of sp³-hybridized carbons (Fsp3) is 0.545. The van der Waals surface area contributed by atoms with E-state index in [1.807, 2.05) is 4.90 Å². The maximum atomic E-state index is 13.7. The van der Waals surface area contributed by atoms with Crippen LogP contribution in [0.15, 0.2) is 16.7 Å². The molecule has 0 aliphatic carbocycles. The number of likely N-dealkylation sites (N-methyl/N-ethyl adjacent to an activating group) is 1. The van der Waals surface area contributed by atoms with Crippen molar-refractivity contribution in [1.29, 1.82) is 0 Å². The highest BCUT2D eigenvalue weighted by Gasteiger charge is 2.26. The quantitative estimate of drug-likeness (QED) is 0.831. The molecule has 1 unspecified atom stereocenters. The molecule has 1 aliphatic heterocycles. The third-order valence-corrected chi connectivity index (χ3v) is 3.42. The summed E-state index contributed by atoms with van der Waals surface area (Å²) in [6.45, 7) is 1.72. The Morgan fingerprint density at radius 3 is 2.88 bits per heavy atom. The van der Waals surface area contributed by atoms with Gasteiger partial charge in [0.15, 0.2) is 11.6 Å². The van der Waals surface area contributed by atoms with E-state index >= 15 is 0 Å². The van der Waals surface area contributed by atoms with E-state index in [1.165, 1.54) is 6.07 Å². The number of anilines is 1. The second-order valence-corrected chi connectivity index (χ2v) is 5.23. The summed E-state index contributed by atoms with van der Waals surface area (Å²) in [6, 6.07) is 1.95. The number of halogens is 2. The molecular formula is C11H15BrFN3. The van der Waals surface area contributed by atoms with Crippen LogP contribution in [0.1, 0.15) is 6.42 Å². The van der Waals surface area contributed by atoms with Crippen molar-refractivity contribution >= 4 is 21.7 Å². The van der Waals surface area contributed by atoms with Crippen LogP contribution in [0.3, 0.4) is 0 Å². The second-order valence-electron chi connectivity index (χ2n) is 4.31. The minimum absolute atomic E-state index is 0.256. The molecular weight excluding hydrogens is 273 g/mol. The summed E-state index contributed by atoms with van der Waals surface area (Å²) in [5.74, 6) is 0.210. The molecule has 0 saturated carbocycles. The Labute approximate surface area is 103 Å². The van der Waals surface area contributed by atoms with Crippen LogP contribution in [0.5, 0.6) is 0 Å². The Morgan fingerprint density at radius 1 is 1.56 bits per heavy atom. The van der Waals surface area contributed by atoms with Gasteiger partial charge < -0.3 is 9.80 Å². The van der Waals surface area contributed by atoms with Gasteiger partial charge in [-0.05, 0) is 42.5 Å². The van der Waals surface area contributed by atoms with Crippen molar-refractivity contribution in [3.8, 4) is 0 Å². The number of aromatic nitrogens is 1. The first kappa shape index (κ1) is 11.8. The number of nitrogens with zero attached hydrogens (tertiary/aromatic N) is 3. The molecule has 0 spiro atoms. The van der Waals surface area contributed by atoms with E-state index in [2.05, 4.69) is 39.9 Å². The number of hydrogen-bond acceptors (Lipinski definition) is 3. The van der Waals surface area contributed by atoms with Crippen LogP contribution in [-0.2, 0) is 0 Å². The maximum absolute atomic E-state index is 13.7. The maximum Gasteiger partial charge on any atom is 0.166 e. The predicted octanol–water partition coefficient (Wildman–Crippen LogP) is 2.12. The van der Waals surface area contributed by atoms with E-state index in [4.69, 9.17) is 0 Å². The minimum Gasteiger partial charge on any atom is -0.353 e. The zero-order chi connectivity index (χ0) is 11.7. The summed E-state index contributed by atoms with van der Waals surface area (Å²) >= 11 is 3.21. The van der Waals surface area contributed by atoms with Crippen LogP contribution in [0.2, 0.25) is 0 Å². The van der Waals surface area contributed by atoms with Crippen LogP contribution in [0, 0.1) is 5.82 Å². The molecule has 88 valence electrons. The molecule has 16 heavy (non-hydrogen) atoms. The van der Waals surface area contributed by atoms with E-state index in [0.29, 0.717) is 16.3 Å². The molecule has 3 nitrogen and oxygen atoms in total. The molecule has 0 N–H and O–H groups in total. The van der Waals surface area contributed by atoms with Crippen molar-refractivity contribution in [1.82, 2.24) is 9.88 Å². The van der Waals surface area contributed by atoms with Gasteiger partial charge >= 0.3 is 0 Å². The molecule has 0 amide bonds. The summed E-state index contributed by atoms with van der Waals surface area (Å²) in [7, 11) is 4.11. The van der Waals surface area contributed by atoms with Gasteiger partial charge in [0.25, 0.3) is 0 Å². The highest BCUT2D eigenvalue weighted by Crippen LogP contribution is 2.24. The van der Waals surface area contributed by atoms with Crippen LogP contribution >= 0.6 is 15.9 Å². The van der Waals surface area contributed by atoms with Crippen LogP contribution in [-0.4, -0.2) is 43.1 Å². The van der Waals surface area contributed by atoms with Crippen molar-refractivity contribution in [3.05, 3.63) is 22.6 Å². The molecule has 1 aliphatic rings. The summed E-state index contributed by atoms with van der Waals surface area (Å²) in [4.78, 5) is 8.32. The van der Waals surface area contributed by atoms with Crippen molar-refractivity contribution in [2.75, 3.05) is 32.1 Å². The first-order chi connectivity index (χ1) is 7.58. The van der Waals surface area contributed by atoms with Gasteiger partial charge in [0, 0.05) is 29.8 Å². The Bertz CT molecular complexity index is 383. The SMILES string of the molecule is CN(C)C1CCN(c2ncc(Br)cc2F)C1. The molecule has 1 aromatic heterocycles. The Hall–Kier alpha value is -0.680. The fourth-order valence-corrected chi connectivity index (χ4v) is 2.30. The molecule has 5 heteroatoms. The largest absolute Gasteiger partial charge is 0.353 e. The standard InChI is InChI=1S/C11H15BrFN3/c1-15(2)9-3-4-16(7-9)11-10(13)5-8(12)6-14-11/h5-6,9H,3-4,7H2,1-2H3. The first-order valence-corrected chi connectivity index (χ1v) is 6.09. The summed E-state index contributed by atoms with van der Waals surface area (Å²) in [5, 5.41) is 0. The van der Waals surface area contributed by atoms with Crippen molar-refractivity contribution in [3.63, 3.8) is 0 Å². The molecule has 2 heterocycles. The smallest absolute Gasteiger partial charge is 0.166 e. The zero-order valence-electron chi connectivity index (χ0n) is 9.45. The number of rotatable bonds is 2. The van der Waals surface area contributed by atoms with Gasteiger partial charge in [0.05, 0.1) is 0 Å². The van der Waals surface area contributed by atoms with E-state index in [-0.39, 0.29) is 5.82 Å². The lowest BCUT2D eigenvalue weighted by molar-refractivity contribution is 0.315. The summed E-state index contributed by atoms with van der Waals surface area (Å²) in [5.41, 5.74) is 0. The fourth-order valence-electron chi connectivity index (χ4n) is 2.00. The second kappa shape index (κ2) is 4.67. The molecule has 0 aromatic carbocycles. The summed E-state index contributed by atoms with van der Waals surface area (Å²) in [6.07, 6.45) is 2.70. The average Bonchev–Trinajstić information content (AvgIpc) is 2.66. The molecule has 2 rings (SSSR count). The molecule has 0 bridgehead atoms. The molecule has 1 aromatic rings. The van der Waals surface area contributed by atoms with E-state index in [1.54, 1.807) is 6.20 Å². The predicted molar refractivity (Wildman–Crippen MR) is 66.2 cm³/mol. The Kier molecular flexibility index (Phi) is 3.44. The van der Waals surface area contributed by atoms with Gasteiger partial charge in [-0.2, -0.15) is 0 Å². The number of pyridine rings is 1. The van der Waals surface area contributed by atoms with Gasteiger partial charge in [0.1, 0.15) is 0 Å². The molecule has 1 saturated heterocycles. The van der Waals surface area contributed by atoms with Gasteiger partial charge in [-0.25, -0.2) is 9.37 Å². The normalized spacial score (nSPS) is 20.8. The third-order valence-electron chi connectivity index (χ3n) is 2.98. The lowest BCUT2D eigenvalue weighted by Crippen LogP contribution is -2.32. The topological polar surface area (TPSA) is 19.4 Å². The van der Waals surface area contributed by atoms with Gasteiger partial charge in [-0.1, -0.05) is 0 Å². The average molecular weight is 288 g/mol. The lowest BCUT2D eigenvalue weighted by Gasteiger charge is -2.21. The highest BCUT2D eigenvalue weighted by molar-refractivity contribution is 9.10. The van der Waals surface area contributed by atoms with Crippen molar-refractivity contribution < 1.29 is 4.39 Å². The minimum atomic E-state index is -0.256. The Balaban J connectivity index is 2.14. The van der Waals surface area contributed by atoms with Crippen LogP contribution in [0.4, 0.5) is 10.2 Å². The van der Waals surface area contributed by atoms with Gasteiger partial charge in [-0.3, -0.25) is 0 Å². The van der Waals surface area contributed by atoms with Crippen LogP contribution < -0.4 is 4.90 Å². The monoisotopic (exact) mass is 287 g/mol. The van der Waals surface area contributed by atoms with Crippen LogP contribution in [0.25, 0.3) is 0 Å². The lowest BCUT2D eigenvalue weighted by atomic mass is 10.2. The van der Waals surface area contributed by atoms with Crippen molar-refractivity contribution in [2.24, 2.45) is 0 Å². The van der Waals surface area contributed by atoms with Gasteiger partial charge in [0.2, 0.25) is 0 Å². The van der Waals surface area contributed by atoms with Gasteiger partial charge in [-0.15, -0.1) is 0 Å². The first-order valence-electron chi connectivity index (χ1n) is 5.30. The highest BCUT2D eigenvalue weighted by atomic mass is 79.9. The molecule has 1 fully saturated rings. The zero-order valence-corrected chi connectivity index (χ0v) is 11.0. The van der Waals surface area contributed by atoms with Crippen molar-refractivity contribution in [2.45, 2.75) is 12.5 Å². The molecule has 0 radical (unpaired) electrons. The summed E-state index contributed by atoms with van der Waals surface area (Å²) < 4.78 is 14.4. The van der Waals surface area contributed by atoms with E-state index in [9.17, 15) is 4.39 Å². The third kappa shape index (κ3) is 2.35. The van der Waals surface area contributed by atoms with E-state index in [0.717, 1.165) is 19.5 Å².